The van der Waals surface area contributed by atoms with Crippen LogP contribution >= 0.6 is 0 Å². The van der Waals surface area contributed by atoms with Gasteiger partial charge in [0.05, 0.1) is 13.2 Å². The molecule has 0 atom stereocenters. The Balaban J connectivity index is 2.31. The second-order valence-corrected chi connectivity index (χ2v) is 3.92. The van der Waals surface area contributed by atoms with Gasteiger partial charge in [-0.05, 0) is 24.1 Å². The van der Waals surface area contributed by atoms with Crippen molar-refractivity contribution in [2.24, 2.45) is 5.73 Å². The van der Waals surface area contributed by atoms with Gasteiger partial charge in [-0.3, -0.25) is 4.79 Å². The number of carbonyl (C=O) groups excluding carboxylic acids is 1. The lowest BCUT2D eigenvalue weighted by atomic mass is 10.2. The van der Waals surface area contributed by atoms with Crippen LogP contribution in [-0.2, 0) is 11.3 Å². The number of hydrogen-bond acceptors (Lipinski definition) is 3. The minimum Gasteiger partial charge on any atom is -0.494 e. The Morgan fingerprint density at radius 3 is 2.65 bits per heavy atom. The maximum absolute atomic E-state index is 10.5. The number of hydrogen-bond donors (Lipinski definition) is 2. The molecule has 94 valence electrons. The summed E-state index contributed by atoms with van der Waals surface area (Å²) >= 11 is 0. The molecule has 0 heterocycles. The summed E-state index contributed by atoms with van der Waals surface area (Å²) in [7, 11) is 0. The SMILES string of the molecule is CCCCOc1ccc(CNCC(N)=O)cc1. The lowest BCUT2D eigenvalue weighted by Gasteiger charge is -2.07. The molecule has 1 aromatic rings. The van der Waals surface area contributed by atoms with E-state index in [2.05, 4.69) is 12.2 Å². The van der Waals surface area contributed by atoms with Crippen LogP contribution < -0.4 is 15.8 Å². The van der Waals surface area contributed by atoms with Crippen LogP contribution in [0.15, 0.2) is 24.3 Å². The molecule has 4 nitrogen and oxygen atoms in total. The number of primary amides is 1. The fraction of sp³-hybridized carbons (Fsp3) is 0.462. The number of carbonyl (C=O) groups is 1. The van der Waals surface area contributed by atoms with E-state index in [-0.39, 0.29) is 12.5 Å². The van der Waals surface area contributed by atoms with Gasteiger partial charge in [0.2, 0.25) is 5.91 Å². The molecule has 0 saturated carbocycles. The molecule has 0 fully saturated rings. The summed E-state index contributed by atoms with van der Waals surface area (Å²) in [6.07, 6.45) is 2.21. The second kappa shape index (κ2) is 7.68. The number of nitrogens with two attached hydrogens (primary N) is 1. The number of benzene rings is 1. The minimum atomic E-state index is -0.343. The van der Waals surface area contributed by atoms with E-state index in [0.29, 0.717) is 6.54 Å². The highest BCUT2D eigenvalue weighted by Crippen LogP contribution is 2.12. The third-order valence-electron chi connectivity index (χ3n) is 2.32. The number of rotatable bonds is 8. The first-order chi connectivity index (χ1) is 8.22. The summed E-state index contributed by atoms with van der Waals surface area (Å²) < 4.78 is 5.55. The van der Waals surface area contributed by atoms with Gasteiger partial charge in [-0.2, -0.15) is 0 Å². The maximum atomic E-state index is 10.5. The Labute approximate surface area is 102 Å². The van der Waals surface area contributed by atoms with Gasteiger partial charge in [-0.1, -0.05) is 25.5 Å². The van der Waals surface area contributed by atoms with Gasteiger partial charge in [0.15, 0.2) is 0 Å². The van der Waals surface area contributed by atoms with Crippen molar-refractivity contribution >= 4 is 5.91 Å². The zero-order valence-corrected chi connectivity index (χ0v) is 10.2. The Kier molecular flexibility index (Phi) is 6.10. The molecule has 3 N–H and O–H groups in total. The lowest BCUT2D eigenvalue weighted by Crippen LogP contribution is -2.28. The summed E-state index contributed by atoms with van der Waals surface area (Å²) in [6.45, 7) is 3.74. The van der Waals surface area contributed by atoms with Crippen LogP contribution in [0.4, 0.5) is 0 Å². The van der Waals surface area contributed by atoms with Gasteiger partial charge in [-0.15, -0.1) is 0 Å². The van der Waals surface area contributed by atoms with E-state index in [4.69, 9.17) is 10.5 Å². The van der Waals surface area contributed by atoms with Crippen LogP contribution in [0.25, 0.3) is 0 Å². The van der Waals surface area contributed by atoms with Crippen LogP contribution in [-0.4, -0.2) is 19.1 Å². The zero-order chi connectivity index (χ0) is 12.5. The first-order valence-corrected chi connectivity index (χ1v) is 5.93. The van der Waals surface area contributed by atoms with Crippen LogP contribution in [0, 0.1) is 0 Å². The molecule has 4 heteroatoms. The third kappa shape index (κ3) is 5.92. The highest BCUT2D eigenvalue weighted by Gasteiger charge is 1.97. The van der Waals surface area contributed by atoms with Crippen LogP contribution in [0.5, 0.6) is 5.75 Å². The van der Waals surface area contributed by atoms with Crippen molar-refractivity contribution in [3.63, 3.8) is 0 Å². The van der Waals surface area contributed by atoms with E-state index in [1.807, 2.05) is 24.3 Å². The minimum absolute atomic E-state index is 0.203. The summed E-state index contributed by atoms with van der Waals surface area (Å²) in [5, 5.41) is 2.96. The Morgan fingerprint density at radius 1 is 1.35 bits per heavy atom. The molecular formula is C13H20N2O2. The molecule has 0 bridgehead atoms. The number of nitrogens with one attached hydrogen (secondary N) is 1. The standard InChI is InChI=1S/C13H20N2O2/c1-2-3-8-17-12-6-4-11(5-7-12)9-15-10-13(14)16/h4-7,15H,2-3,8-10H2,1H3,(H2,14,16). The fourth-order valence-corrected chi connectivity index (χ4v) is 1.37. The molecular weight excluding hydrogens is 216 g/mol. The Bertz CT molecular complexity index is 336. The monoisotopic (exact) mass is 236 g/mol. The Morgan fingerprint density at radius 2 is 2.06 bits per heavy atom. The predicted octanol–water partition coefficient (Wildman–Crippen LogP) is 1.44. The fourth-order valence-electron chi connectivity index (χ4n) is 1.37. The van der Waals surface area contributed by atoms with Crippen molar-refractivity contribution in [2.45, 2.75) is 26.3 Å². The summed E-state index contributed by atoms with van der Waals surface area (Å²) in [4.78, 5) is 10.5. The molecule has 0 aliphatic rings. The normalized spacial score (nSPS) is 10.2. The smallest absolute Gasteiger partial charge is 0.231 e. The largest absolute Gasteiger partial charge is 0.494 e. The highest BCUT2D eigenvalue weighted by molar-refractivity contribution is 5.75. The van der Waals surface area contributed by atoms with Crippen molar-refractivity contribution in [3.8, 4) is 5.75 Å². The molecule has 17 heavy (non-hydrogen) atoms. The van der Waals surface area contributed by atoms with Crippen molar-refractivity contribution in [2.75, 3.05) is 13.2 Å². The number of ether oxygens (including phenoxy) is 1. The quantitative estimate of drug-likeness (QED) is 0.671. The van der Waals surface area contributed by atoms with Crippen molar-refractivity contribution in [3.05, 3.63) is 29.8 Å². The molecule has 1 amide bonds. The molecule has 0 spiro atoms. The van der Waals surface area contributed by atoms with E-state index in [1.165, 1.54) is 0 Å². The van der Waals surface area contributed by atoms with E-state index < -0.39 is 0 Å². The molecule has 1 aromatic carbocycles. The lowest BCUT2D eigenvalue weighted by molar-refractivity contribution is -0.117. The van der Waals surface area contributed by atoms with E-state index in [1.54, 1.807) is 0 Å². The predicted molar refractivity (Wildman–Crippen MR) is 67.7 cm³/mol. The zero-order valence-electron chi connectivity index (χ0n) is 10.2. The van der Waals surface area contributed by atoms with E-state index in [0.717, 1.165) is 30.8 Å². The summed E-state index contributed by atoms with van der Waals surface area (Å²) in [5.41, 5.74) is 6.13. The molecule has 0 aromatic heterocycles. The molecule has 0 saturated heterocycles. The van der Waals surface area contributed by atoms with Gasteiger partial charge in [0, 0.05) is 6.54 Å². The first-order valence-electron chi connectivity index (χ1n) is 5.93. The molecule has 1 rings (SSSR count). The average Bonchev–Trinajstić information content (AvgIpc) is 2.31. The third-order valence-corrected chi connectivity index (χ3v) is 2.32. The molecule has 0 aliphatic carbocycles. The van der Waals surface area contributed by atoms with Gasteiger partial charge in [0.1, 0.15) is 5.75 Å². The second-order valence-electron chi connectivity index (χ2n) is 3.92. The number of unbranched alkanes of at least 4 members (excludes halogenated alkanes) is 1. The van der Waals surface area contributed by atoms with Crippen LogP contribution in [0.1, 0.15) is 25.3 Å². The maximum Gasteiger partial charge on any atom is 0.231 e. The van der Waals surface area contributed by atoms with Gasteiger partial charge in [-0.25, -0.2) is 0 Å². The van der Waals surface area contributed by atoms with Gasteiger partial charge < -0.3 is 15.8 Å². The van der Waals surface area contributed by atoms with E-state index >= 15 is 0 Å². The first kappa shape index (κ1) is 13.5. The summed E-state index contributed by atoms with van der Waals surface area (Å²) in [6, 6.07) is 7.85. The van der Waals surface area contributed by atoms with Gasteiger partial charge >= 0.3 is 0 Å². The van der Waals surface area contributed by atoms with Crippen LogP contribution in [0.2, 0.25) is 0 Å². The van der Waals surface area contributed by atoms with Crippen molar-refractivity contribution in [1.82, 2.24) is 5.32 Å². The molecule has 0 unspecified atom stereocenters. The van der Waals surface area contributed by atoms with Crippen LogP contribution in [0.3, 0.4) is 0 Å². The molecule has 0 aliphatic heterocycles. The highest BCUT2D eigenvalue weighted by atomic mass is 16.5. The Hall–Kier alpha value is -1.55. The van der Waals surface area contributed by atoms with E-state index in [9.17, 15) is 4.79 Å². The topological polar surface area (TPSA) is 64.3 Å². The van der Waals surface area contributed by atoms with Crippen molar-refractivity contribution in [1.29, 1.82) is 0 Å². The summed E-state index contributed by atoms with van der Waals surface area (Å²) in [5.74, 6) is 0.543. The van der Waals surface area contributed by atoms with Crippen molar-refractivity contribution < 1.29 is 9.53 Å². The molecule has 0 radical (unpaired) electrons. The number of amides is 1. The average molecular weight is 236 g/mol. The van der Waals surface area contributed by atoms with Gasteiger partial charge in [0.25, 0.3) is 0 Å².